The minimum Gasteiger partial charge on any atom is -0.396 e. The van der Waals surface area contributed by atoms with Gasteiger partial charge in [-0.05, 0) is 23.7 Å². The Morgan fingerprint density at radius 2 is 1.23 bits per heavy atom. The highest BCUT2D eigenvalue weighted by Gasteiger charge is 2.05. The van der Waals surface area contributed by atoms with E-state index in [1.807, 2.05) is 39.8 Å². The Kier molecular flexibility index (Phi) is 35.3. The maximum atomic E-state index is 8.59. The van der Waals surface area contributed by atoms with Gasteiger partial charge < -0.3 is 5.11 Å². The van der Waals surface area contributed by atoms with Gasteiger partial charge in [0.25, 0.3) is 0 Å². The Morgan fingerprint density at radius 3 is 1.41 bits per heavy atom. The van der Waals surface area contributed by atoms with Crippen LogP contribution in [0.4, 0.5) is 0 Å². The number of allylic oxidation sites excluding steroid dienone is 2. The lowest BCUT2D eigenvalue weighted by Gasteiger charge is -2.13. The van der Waals surface area contributed by atoms with Crippen molar-refractivity contribution >= 4 is 23.2 Å². The van der Waals surface area contributed by atoms with E-state index in [1.165, 1.54) is 12.8 Å². The molecular formula is C19H40Cl2O. The number of hydrogen-bond acceptors (Lipinski definition) is 1. The largest absolute Gasteiger partial charge is 0.396 e. The van der Waals surface area contributed by atoms with Crippen molar-refractivity contribution in [1.82, 2.24) is 0 Å². The van der Waals surface area contributed by atoms with Gasteiger partial charge >= 0.3 is 0 Å². The zero-order valence-corrected chi connectivity index (χ0v) is 17.4. The summed E-state index contributed by atoms with van der Waals surface area (Å²) < 4.78 is 0. The van der Waals surface area contributed by atoms with Gasteiger partial charge in [-0.15, -0.1) is 36.4 Å². The van der Waals surface area contributed by atoms with Crippen molar-refractivity contribution in [3.63, 3.8) is 0 Å². The second kappa shape index (κ2) is 25.9. The Hall–Kier alpha value is 0.0200. The molecule has 0 radical (unpaired) electrons. The van der Waals surface area contributed by atoms with Crippen molar-refractivity contribution in [3.05, 3.63) is 25.3 Å². The van der Waals surface area contributed by atoms with E-state index in [0.29, 0.717) is 17.8 Å². The van der Waals surface area contributed by atoms with Crippen LogP contribution in [0.2, 0.25) is 0 Å². The molecule has 0 aliphatic rings. The molecule has 0 aliphatic carbocycles. The zero-order valence-electron chi connectivity index (χ0n) is 15.9. The first-order valence-corrected chi connectivity index (χ1v) is 9.40. The van der Waals surface area contributed by atoms with Crippen molar-refractivity contribution in [2.24, 2.45) is 23.7 Å². The molecule has 0 fully saturated rings. The average molecular weight is 355 g/mol. The van der Waals surface area contributed by atoms with Crippen molar-refractivity contribution in [3.8, 4) is 0 Å². The lowest BCUT2D eigenvalue weighted by Crippen LogP contribution is -2.08. The van der Waals surface area contributed by atoms with Gasteiger partial charge in [-0.3, -0.25) is 0 Å². The van der Waals surface area contributed by atoms with Crippen LogP contribution in [0.15, 0.2) is 25.3 Å². The van der Waals surface area contributed by atoms with Crippen LogP contribution >= 0.6 is 23.2 Å². The highest BCUT2D eigenvalue weighted by molar-refractivity contribution is 6.40. The summed E-state index contributed by atoms with van der Waals surface area (Å²) in [7, 11) is 0. The number of halogens is 2. The van der Waals surface area contributed by atoms with Gasteiger partial charge in [-0.25, -0.2) is 0 Å². The zero-order chi connectivity index (χ0) is 18.6. The molecule has 0 aromatic heterocycles. The first-order valence-electron chi connectivity index (χ1n) is 8.33. The third-order valence-electron chi connectivity index (χ3n) is 3.57. The van der Waals surface area contributed by atoms with E-state index in [0.717, 1.165) is 5.92 Å². The van der Waals surface area contributed by atoms with Crippen LogP contribution in [0.25, 0.3) is 0 Å². The molecule has 0 saturated carbocycles. The summed E-state index contributed by atoms with van der Waals surface area (Å²) in [6.45, 7) is 22.4. The summed E-state index contributed by atoms with van der Waals surface area (Å²) in [6.07, 6.45) is 6.52. The number of rotatable bonds is 7. The normalized spacial score (nSPS) is 14.3. The van der Waals surface area contributed by atoms with Crippen LogP contribution in [0.3, 0.4) is 0 Å². The molecule has 0 bridgehead atoms. The molecule has 0 amide bonds. The highest BCUT2D eigenvalue weighted by atomic mass is 35.5. The lowest BCUT2D eigenvalue weighted by molar-refractivity contribution is 0.213. The van der Waals surface area contributed by atoms with Crippen LogP contribution in [0, 0.1) is 23.7 Å². The summed E-state index contributed by atoms with van der Waals surface area (Å²) >= 11 is 9.53. The van der Waals surface area contributed by atoms with Gasteiger partial charge in [0, 0.05) is 6.61 Å². The number of alkyl halides is 2. The van der Waals surface area contributed by atoms with Gasteiger partial charge in [0.15, 0.2) is 0 Å². The van der Waals surface area contributed by atoms with Gasteiger partial charge in [0.05, 0.1) is 5.34 Å². The van der Waals surface area contributed by atoms with Crippen LogP contribution in [-0.4, -0.2) is 17.1 Å². The second-order valence-electron chi connectivity index (χ2n) is 5.22. The molecule has 0 heterocycles. The van der Waals surface area contributed by atoms with Crippen LogP contribution < -0.4 is 0 Å². The van der Waals surface area contributed by atoms with Crippen molar-refractivity contribution < 1.29 is 5.11 Å². The maximum Gasteiger partial charge on any atom is 0.0967 e. The van der Waals surface area contributed by atoms with Crippen LogP contribution in [0.5, 0.6) is 0 Å². The van der Waals surface area contributed by atoms with Crippen molar-refractivity contribution in [2.45, 2.75) is 61.3 Å². The standard InChI is InChI=1S/C9H18.C7H14O.C2H6.CH2Cl2/c1-5-7-9(4)8(3)6-2;1-4-6(2)7(3)5-8;1-2;2-1-3/h6,8-9H,2,5,7H2,1,3-4H3;4,6-8H,1,5H2,2-3H3;1-2H3;1H2/t8-,9+;6-,7+;;/m00../s1. The molecule has 22 heavy (non-hydrogen) atoms. The highest BCUT2D eigenvalue weighted by Crippen LogP contribution is 2.16. The number of aliphatic hydroxyl groups excluding tert-OH is 1. The molecule has 1 nitrogen and oxygen atoms in total. The maximum absolute atomic E-state index is 8.59. The minimum atomic E-state index is 0.194. The Morgan fingerprint density at radius 1 is 0.909 bits per heavy atom. The van der Waals surface area contributed by atoms with E-state index < -0.39 is 0 Å². The Bertz CT molecular complexity index is 208. The molecule has 0 aromatic rings. The predicted molar refractivity (Wildman–Crippen MR) is 107 cm³/mol. The van der Waals surface area contributed by atoms with Crippen molar-refractivity contribution in [2.75, 3.05) is 11.9 Å². The van der Waals surface area contributed by atoms with E-state index >= 15 is 0 Å². The third-order valence-corrected chi connectivity index (χ3v) is 3.57. The van der Waals surface area contributed by atoms with E-state index in [9.17, 15) is 0 Å². The Labute approximate surface area is 150 Å². The van der Waals surface area contributed by atoms with E-state index in [2.05, 4.69) is 33.9 Å². The molecule has 0 spiro atoms. The summed E-state index contributed by atoms with van der Waals surface area (Å²) in [5.41, 5.74) is 0. The SMILES string of the molecule is C=C[C@H](C)[C@H](C)CCC.C=C[C@H](C)[C@H](C)CO.CC.ClCCl. The van der Waals surface area contributed by atoms with E-state index in [4.69, 9.17) is 28.3 Å². The Balaban J connectivity index is -0.000000114. The lowest BCUT2D eigenvalue weighted by atomic mass is 9.92. The fourth-order valence-corrected chi connectivity index (χ4v) is 1.35. The minimum absolute atomic E-state index is 0.194. The first-order chi connectivity index (χ1) is 10.4. The molecule has 0 saturated heterocycles. The smallest absolute Gasteiger partial charge is 0.0967 e. The molecule has 3 heteroatoms. The molecule has 0 aromatic carbocycles. The van der Waals surface area contributed by atoms with Crippen LogP contribution in [-0.2, 0) is 0 Å². The predicted octanol–water partition coefficient (Wildman–Crippen LogP) is 7.13. The van der Waals surface area contributed by atoms with Gasteiger partial charge in [0.2, 0.25) is 0 Å². The first kappa shape index (κ1) is 30.0. The molecule has 0 rings (SSSR count). The average Bonchev–Trinajstić information content (AvgIpc) is 2.55. The second-order valence-corrected chi connectivity index (χ2v) is 6.02. The molecule has 136 valence electrons. The summed E-state index contributed by atoms with van der Waals surface area (Å²) in [5, 5.41) is 8.78. The van der Waals surface area contributed by atoms with Crippen molar-refractivity contribution in [1.29, 1.82) is 0 Å². The summed E-state index contributed by atoms with van der Waals surface area (Å²) in [6, 6.07) is 0. The van der Waals surface area contributed by atoms with Gasteiger partial charge in [-0.1, -0.05) is 73.5 Å². The molecule has 0 unspecified atom stereocenters. The summed E-state index contributed by atoms with van der Waals surface area (Å²) in [5.74, 6) is 2.28. The monoisotopic (exact) mass is 354 g/mol. The van der Waals surface area contributed by atoms with Crippen LogP contribution in [0.1, 0.15) is 61.3 Å². The molecule has 4 atom stereocenters. The summed E-state index contributed by atoms with van der Waals surface area (Å²) in [4.78, 5) is 0. The van der Waals surface area contributed by atoms with Gasteiger partial charge in [-0.2, -0.15) is 0 Å². The topological polar surface area (TPSA) is 20.2 Å². The number of hydrogen-bond donors (Lipinski definition) is 1. The number of aliphatic hydroxyl groups is 1. The third kappa shape index (κ3) is 25.0. The van der Waals surface area contributed by atoms with E-state index in [1.54, 1.807) is 0 Å². The van der Waals surface area contributed by atoms with E-state index in [-0.39, 0.29) is 11.9 Å². The fraction of sp³-hybridized carbons (Fsp3) is 0.789. The fourth-order valence-electron chi connectivity index (χ4n) is 1.35. The molecule has 0 aliphatic heterocycles. The molecular weight excluding hydrogens is 315 g/mol. The van der Waals surface area contributed by atoms with Gasteiger partial charge in [0.1, 0.15) is 0 Å². The quantitative estimate of drug-likeness (QED) is 0.380. The molecule has 1 N–H and O–H groups in total.